The maximum Gasteiger partial charge on any atom is 0.327 e. The molecule has 0 saturated heterocycles. The van der Waals surface area contributed by atoms with Gasteiger partial charge < -0.3 is 15.8 Å². The van der Waals surface area contributed by atoms with E-state index in [4.69, 9.17) is 10.5 Å². The summed E-state index contributed by atoms with van der Waals surface area (Å²) in [4.78, 5) is 33.2. The Hall–Kier alpha value is -4.04. The monoisotopic (exact) mass is 570 g/mol. The van der Waals surface area contributed by atoms with Crippen molar-refractivity contribution in [3.63, 3.8) is 0 Å². The molecule has 0 bridgehead atoms. The predicted octanol–water partition coefficient (Wildman–Crippen LogP) is 4.54. The molecule has 0 atom stereocenters. The van der Waals surface area contributed by atoms with E-state index in [2.05, 4.69) is 25.5 Å². The highest BCUT2D eigenvalue weighted by Crippen LogP contribution is 2.34. The van der Waals surface area contributed by atoms with Crippen LogP contribution in [-0.2, 0) is 16.3 Å². The highest BCUT2D eigenvalue weighted by Gasteiger charge is 2.25. The van der Waals surface area contributed by atoms with Crippen LogP contribution >= 0.6 is 11.3 Å². The molecule has 0 aliphatic heterocycles. The first-order valence-corrected chi connectivity index (χ1v) is 13.6. The van der Waals surface area contributed by atoms with Gasteiger partial charge in [-0.2, -0.15) is 14.6 Å². The number of rotatable bonds is 8. The summed E-state index contributed by atoms with van der Waals surface area (Å²) in [6.07, 6.45) is 9.82. The van der Waals surface area contributed by atoms with Crippen molar-refractivity contribution >= 4 is 28.9 Å². The summed E-state index contributed by atoms with van der Waals surface area (Å²) in [6.45, 7) is 2.96. The van der Waals surface area contributed by atoms with Crippen LogP contribution in [0.5, 0.6) is 0 Å². The fraction of sp³-hybridized carbons (Fsp3) is 0.385. The third-order valence-corrected chi connectivity index (χ3v) is 7.33. The van der Waals surface area contributed by atoms with Crippen LogP contribution in [0, 0.1) is 11.8 Å². The number of ether oxygens (including phenoxy) is 1. The number of nitrogens with zero attached hydrogens (tertiary/aromatic N) is 6. The van der Waals surface area contributed by atoms with E-state index in [1.807, 2.05) is 0 Å². The fourth-order valence-corrected chi connectivity index (χ4v) is 5.10. The van der Waals surface area contributed by atoms with E-state index in [0.29, 0.717) is 10.6 Å². The van der Waals surface area contributed by atoms with Crippen molar-refractivity contribution in [2.45, 2.75) is 64.3 Å². The lowest BCUT2D eigenvalue weighted by molar-refractivity contribution is -0.153. The second-order valence-electron chi connectivity index (χ2n) is 10.2. The van der Waals surface area contributed by atoms with Crippen LogP contribution in [0.15, 0.2) is 36.1 Å². The predicted molar refractivity (Wildman–Crippen MR) is 143 cm³/mol. The SMILES string of the molecule is CC(C)(N)C(=O)OCn1cc(-c2nc(C(=O)Nc3cn(C4CCCCC4)nc3-c3nc(F)ccc3F)cs2)cn1. The van der Waals surface area contributed by atoms with Gasteiger partial charge in [-0.05, 0) is 38.8 Å². The topological polar surface area (TPSA) is 143 Å². The molecule has 14 heteroatoms. The molecule has 4 aromatic heterocycles. The molecular weight excluding hydrogens is 542 g/mol. The highest BCUT2D eigenvalue weighted by atomic mass is 32.1. The van der Waals surface area contributed by atoms with Crippen molar-refractivity contribution in [2.75, 3.05) is 5.32 Å². The number of aromatic nitrogens is 6. The number of hydrogen-bond donors (Lipinski definition) is 2. The van der Waals surface area contributed by atoms with Crippen LogP contribution in [0.1, 0.15) is 62.5 Å². The van der Waals surface area contributed by atoms with Gasteiger partial charge in [0.1, 0.15) is 27.6 Å². The summed E-state index contributed by atoms with van der Waals surface area (Å²) >= 11 is 1.22. The molecule has 5 rings (SSSR count). The zero-order chi connectivity index (χ0) is 28.4. The first-order chi connectivity index (χ1) is 19.1. The van der Waals surface area contributed by atoms with Gasteiger partial charge in [0, 0.05) is 23.3 Å². The number of anilines is 1. The number of amides is 1. The summed E-state index contributed by atoms with van der Waals surface area (Å²) in [5, 5.41) is 13.5. The maximum atomic E-state index is 14.7. The smallest absolute Gasteiger partial charge is 0.327 e. The summed E-state index contributed by atoms with van der Waals surface area (Å²) in [5.74, 6) is -2.72. The quantitative estimate of drug-likeness (QED) is 0.232. The van der Waals surface area contributed by atoms with Gasteiger partial charge in [-0.15, -0.1) is 11.3 Å². The van der Waals surface area contributed by atoms with E-state index < -0.39 is 29.2 Å². The summed E-state index contributed by atoms with van der Waals surface area (Å²) < 4.78 is 36.8. The maximum absolute atomic E-state index is 14.7. The minimum absolute atomic E-state index is 0.0443. The summed E-state index contributed by atoms with van der Waals surface area (Å²) in [7, 11) is 0. The molecule has 4 aromatic rings. The van der Waals surface area contributed by atoms with Gasteiger partial charge in [-0.25, -0.2) is 19.0 Å². The van der Waals surface area contributed by atoms with Crippen molar-refractivity contribution in [1.82, 2.24) is 29.5 Å². The van der Waals surface area contributed by atoms with Gasteiger partial charge in [0.2, 0.25) is 5.95 Å². The van der Waals surface area contributed by atoms with Crippen molar-refractivity contribution in [3.05, 3.63) is 53.6 Å². The van der Waals surface area contributed by atoms with Crippen LogP contribution in [0.25, 0.3) is 22.0 Å². The second kappa shape index (κ2) is 11.2. The molecule has 0 aromatic carbocycles. The zero-order valence-electron chi connectivity index (χ0n) is 21.9. The molecule has 40 heavy (non-hydrogen) atoms. The van der Waals surface area contributed by atoms with E-state index in [-0.39, 0.29) is 35.5 Å². The number of halogens is 2. The lowest BCUT2D eigenvalue weighted by Crippen LogP contribution is -2.43. The van der Waals surface area contributed by atoms with Gasteiger partial charge in [0.05, 0.1) is 17.9 Å². The lowest BCUT2D eigenvalue weighted by atomic mass is 9.96. The van der Waals surface area contributed by atoms with Gasteiger partial charge in [0.25, 0.3) is 5.91 Å². The van der Waals surface area contributed by atoms with Crippen LogP contribution in [0.2, 0.25) is 0 Å². The third-order valence-electron chi connectivity index (χ3n) is 6.44. The Kier molecular flexibility index (Phi) is 7.72. The average Bonchev–Trinajstić information content (AvgIpc) is 3.68. The fourth-order valence-electron chi connectivity index (χ4n) is 4.33. The average molecular weight is 571 g/mol. The molecule has 1 amide bonds. The number of pyridine rings is 1. The molecule has 0 unspecified atom stereocenters. The van der Waals surface area contributed by atoms with Gasteiger partial charge in [-0.1, -0.05) is 19.3 Å². The van der Waals surface area contributed by atoms with Crippen LogP contribution in [0.3, 0.4) is 0 Å². The first-order valence-electron chi connectivity index (χ1n) is 12.8. The van der Waals surface area contributed by atoms with E-state index in [9.17, 15) is 18.4 Å². The van der Waals surface area contributed by atoms with E-state index in [1.54, 1.807) is 36.3 Å². The van der Waals surface area contributed by atoms with Crippen LogP contribution < -0.4 is 11.1 Å². The largest absolute Gasteiger partial charge is 0.441 e. The van der Waals surface area contributed by atoms with Crippen molar-refractivity contribution in [2.24, 2.45) is 5.73 Å². The lowest BCUT2D eigenvalue weighted by Gasteiger charge is -2.21. The Bertz CT molecular complexity index is 1530. The zero-order valence-corrected chi connectivity index (χ0v) is 22.8. The van der Waals surface area contributed by atoms with Crippen LogP contribution in [0.4, 0.5) is 14.5 Å². The molecule has 1 aliphatic rings. The number of carbonyl (C=O) groups excluding carboxylic acids is 2. The minimum atomic E-state index is -1.13. The Balaban J connectivity index is 1.35. The Morgan fingerprint density at radius 1 is 1.15 bits per heavy atom. The number of thiazole rings is 1. The molecule has 1 saturated carbocycles. The molecule has 0 radical (unpaired) electrons. The molecule has 0 spiro atoms. The summed E-state index contributed by atoms with van der Waals surface area (Å²) in [6, 6.07) is 2.00. The van der Waals surface area contributed by atoms with Gasteiger partial charge in [0.15, 0.2) is 12.5 Å². The molecule has 1 aliphatic carbocycles. The van der Waals surface area contributed by atoms with Crippen molar-refractivity contribution in [3.8, 4) is 22.0 Å². The first kappa shape index (κ1) is 27.5. The highest BCUT2D eigenvalue weighted by molar-refractivity contribution is 7.13. The molecule has 3 N–H and O–H groups in total. The van der Waals surface area contributed by atoms with E-state index >= 15 is 0 Å². The number of nitrogens with one attached hydrogen (secondary N) is 1. The molecular formula is C26H28F2N8O3S. The molecule has 11 nitrogen and oxygen atoms in total. The van der Waals surface area contributed by atoms with Gasteiger partial charge in [-0.3, -0.25) is 14.3 Å². The summed E-state index contributed by atoms with van der Waals surface area (Å²) in [5.41, 5.74) is 5.30. The van der Waals surface area contributed by atoms with Gasteiger partial charge >= 0.3 is 5.97 Å². The molecule has 1 fully saturated rings. The number of carbonyl (C=O) groups is 2. The number of hydrogen-bond acceptors (Lipinski definition) is 9. The molecule has 210 valence electrons. The Morgan fingerprint density at radius 3 is 2.67 bits per heavy atom. The Morgan fingerprint density at radius 2 is 1.93 bits per heavy atom. The third kappa shape index (κ3) is 6.07. The van der Waals surface area contributed by atoms with E-state index in [1.165, 1.54) is 22.2 Å². The number of esters is 1. The normalized spacial score (nSPS) is 14.3. The van der Waals surface area contributed by atoms with Crippen molar-refractivity contribution < 1.29 is 23.1 Å². The Labute approximate surface area is 232 Å². The number of nitrogens with two attached hydrogens (primary N) is 1. The molecule has 4 heterocycles. The van der Waals surface area contributed by atoms with Crippen LogP contribution in [-0.4, -0.2) is 46.9 Å². The van der Waals surface area contributed by atoms with Crippen molar-refractivity contribution in [1.29, 1.82) is 0 Å². The second-order valence-corrected chi connectivity index (χ2v) is 11.0. The standard InChI is InChI=1S/C26H28F2N8O3S/c1-26(2,29)25(38)39-14-35-11-15(10-30-35)24-32-19(13-40-24)23(37)31-18-12-36(16-6-4-3-5-7-16)34-22(18)21-17(27)8-9-20(28)33-21/h8-13,16H,3-7,14,29H2,1-2H3,(H,31,37). The minimum Gasteiger partial charge on any atom is -0.441 e. The van der Waals surface area contributed by atoms with E-state index in [0.717, 1.165) is 44.2 Å².